The molecule has 5 rings (SSSR count). The predicted octanol–water partition coefficient (Wildman–Crippen LogP) is 5.68. The number of rotatable bonds is 4. The molecule has 2 atom stereocenters. The van der Waals surface area contributed by atoms with Crippen molar-refractivity contribution in [3.8, 4) is 0 Å². The van der Waals surface area contributed by atoms with Gasteiger partial charge < -0.3 is 14.3 Å². The van der Waals surface area contributed by atoms with E-state index in [1.807, 2.05) is 0 Å². The minimum atomic E-state index is -0.309. The Morgan fingerprint density at radius 3 is 2.00 bits per heavy atom. The molecule has 6 nitrogen and oxygen atoms in total. The Kier molecular flexibility index (Phi) is 9.43. The number of benzene rings is 2. The number of nitrogens with zero attached hydrogens (tertiary/aromatic N) is 5. The highest BCUT2D eigenvalue weighted by Crippen LogP contribution is 2.36. The van der Waals surface area contributed by atoms with Crippen LogP contribution in [0.2, 0.25) is 0 Å². The molecule has 2 aromatic heterocycles. The summed E-state index contributed by atoms with van der Waals surface area (Å²) in [5, 5.41) is 0. The number of halogens is 2. The molecule has 1 aliphatic heterocycles. The van der Waals surface area contributed by atoms with Crippen molar-refractivity contribution in [1.82, 2.24) is 14.5 Å². The van der Waals surface area contributed by atoms with Crippen molar-refractivity contribution in [3.05, 3.63) is 111 Å². The first-order chi connectivity index (χ1) is 17.8. The van der Waals surface area contributed by atoms with Crippen LogP contribution in [-0.4, -0.2) is 39.6 Å². The van der Waals surface area contributed by atoms with Crippen LogP contribution in [0.3, 0.4) is 0 Å². The summed E-state index contributed by atoms with van der Waals surface area (Å²) in [5.74, 6) is -0.340. The van der Waals surface area contributed by atoms with Gasteiger partial charge in [0.05, 0.1) is 17.2 Å². The molecule has 10 heteroatoms. The molecule has 2 aromatic carbocycles. The average molecular weight is 568 g/mol. The molecule has 0 N–H and O–H groups in total. The van der Waals surface area contributed by atoms with Crippen LogP contribution in [0, 0.1) is 18.2 Å². The van der Waals surface area contributed by atoms with Crippen LogP contribution in [0.5, 0.6) is 0 Å². The van der Waals surface area contributed by atoms with Crippen molar-refractivity contribution in [1.29, 1.82) is 0 Å². The highest BCUT2D eigenvalue weighted by Gasteiger charge is 2.36. The van der Waals surface area contributed by atoms with Crippen molar-refractivity contribution in [2.45, 2.75) is 32.0 Å². The lowest BCUT2D eigenvalue weighted by atomic mass is 9.93. The highest BCUT2D eigenvalue weighted by molar-refractivity contribution is 7.59. The number of anilines is 1. The largest absolute Gasteiger partial charge is 0.362 e. The molecule has 0 saturated carbocycles. The molecule has 1 fully saturated rings. The van der Waals surface area contributed by atoms with Crippen LogP contribution in [0.4, 0.5) is 20.3 Å². The molecule has 0 amide bonds. The van der Waals surface area contributed by atoms with Crippen LogP contribution < -0.4 is 10.5 Å². The number of fused-ring (bicyclic) bond motifs is 1. The van der Waals surface area contributed by atoms with Crippen LogP contribution in [0.25, 0.3) is 15.9 Å². The molecule has 1 saturated heterocycles. The summed E-state index contributed by atoms with van der Waals surface area (Å²) in [4.78, 5) is 25.4. The molecule has 1 aliphatic rings. The van der Waals surface area contributed by atoms with E-state index < -0.39 is 0 Å². The maximum atomic E-state index is 13.7. The standard InChI is InChI=1S/C29H27F2N5O.2H2S/c1-18-17-36(29(20-5-9-22(30)10-6-20)21-7-11-23(31)12-8-21)19(2)16-35(18)25-15-27(37)34(4)24-13-14-26(32-3)33-28(24)25;;/h5-15,18-19,29H,16-17H2,1-2,4H3;2*1H2/t18-,19-;;/m0../s1. The molecule has 0 aliphatic carbocycles. The Morgan fingerprint density at radius 1 is 0.897 bits per heavy atom. The molecule has 0 bridgehead atoms. The lowest BCUT2D eigenvalue weighted by molar-refractivity contribution is 0.130. The molecule has 3 heterocycles. The maximum Gasteiger partial charge on any atom is 0.270 e. The SMILES string of the molecule is S.S.[C-]#[N+]c1ccc2c(n1)c(N1C[C@H](C)N(C(c3ccc(F)cc3)c3ccc(F)cc3)C[C@@H]1C)cc(=O)n2C. The van der Waals surface area contributed by atoms with E-state index in [2.05, 4.69) is 33.5 Å². The molecule has 0 radical (unpaired) electrons. The Labute approximate surface area is 240 Å². The smallest absolute Gasteiger partial charge is 0.270 e. The Bertz CT molecular complexity index is 1510. The molecule has 0 spiro atoms. The van der Waals surface area contributed by atoms with Crippen LogP contribution in [0.1, 0.15) is 31.0 Å². The van der Waals surface area contributed by atoms with E-state index in [0.717, 1.165) is 11.1 Å². The lowest BCUT2D eigenvalue weighted by Gasteiger charge is -2.48. The number of aryl methyl sites for hydroxylation is 1. The van der Waals surface area contributed by atoms with Gasteiger partial charge in [0.15, 0.2) is 0 Å². The van der Waals surface area contributed by atoms with Crippen LogP contribution in [0.15, 0.2) is 71.5 Å². The second kappa shape index (κ2) is 12.2. The fourth-order valence-electron chi connectivity index (χ4n) is 5.30. The van der Waals surface area contributed by atoms with Crippen molar-refractivity contribution in [3.63, 3.8) is 0 Å². The van der Waals surface area contributed by atoms with Crippen molar-refractivity contribution >= 4 is 49.5 Å². The van der Waals surface area contributed by atoms with E-state index in [9.17, 15) is 13.6 Å². The van der Waals surface area contributed by atoms with E-state index in [4.69, 9.17) is 6.57 Å². The fourth-order valence-corrected chi connectivity index (χ4v) is 5.30. The fraction of sp³-hybridized carbons (Fsp3) is 0.276. The lowest BCUT2D eigenvalue weighted by Crippen LogP contribution is -2.57. The second-order valence-corrected chi connectivity index (χ2v) is 9.63. The third-order valence-corrected chi connectivity index (χ3v) is 7.22. The quantitative estimate of drug-likeness (QED) is 0.298. The number of piperazine rings is 1. The summed E-state index contributed by atoms with van der Waals surface area (Å²) >= 11 is 0. The van der Waals surface area contributed by atoms with Gasteiger partial charge in [0, 0.05) is 38.3 Å². The first-order valence-corrected chi connectivity index (χ1v) is 12.2. The number of hydrogen-bond acceptors (Lipinski definition) is 4. The average Bonchev–Trinajstić information content (AvgIpc) is 2.90. The summed E-state index contributed by atoms with van der Waals surface area (Å²) in [7, 11) is 1.70. The zero-order chi connectivity index (χ0) is 26.3. The van der Waals surface area contributed by atoms with Gasteiger partial charge in [0.2, 0.25) is 5.52 Å². The minimum absolute atomic E-state index is 0. The topological polar surface area (TPSA) is 45.7 Å². The minimum Gasteiger partial charge on any atom is -0.362 e. The molecule has 39 heavy (non-hydrogen) atoms. The van der Waals surface area contributed by atoms with Gasteiger partial charge in [-0.1, -0.05) is 30.8 Å². The van der Waals surface area contributed by atoms with Gasteiger partial charge in [-0.25, -0.2) is 8.78 Å². The van der Waals surface area contributed by atoms with Gasteiger partial charge in [-0.15, -0.1) is 4.98 Å². The van der Waals surface area contributed by atoms with Crippen molar-refractivity contribution in [2.24, 2.45) is 7.05 Å². The van der Waals surface area contributed by atoms with Gasteiger partial charge in [0.25, 0.3) is 11.4 Å². The summed E-state index contributed by atoms with van der Waals surface area (Å²) < 4.78 is 29.0. The molecular weight excluding hydrogens is 536 g/mol. The van der Waals surface area contributed by atoms with Crippen LogP contribution in [-0.2, 0) is 7.05 Å². The van der Waals surface area contributed by atoms with Crippen LogP contribution >= 0.6 is 27.0 Å². The molecule has 4 aromatic rings. The van der Waals surface area contributed by atoms with E-state index in [0.29, 0.717) is 29.8 Å². The zero-order valence-electron chi connectivity index (χ0n) is 21.9. The van der Waals surface area contributed by atoms with Gasteiger partial charge in [0.1, 0.15) is 11.6 Å². The molecular formula is C29H31F2N5OS2. The Morgan fingerprint density at radius 2 is 1.46 bits per heavy atom. The van der Waals surface area contributed by atoms with Gasteiger partial charge >= 0.3 is 0 Å². The summed E-state index contributed by atoms with van der Waals surface area (Å²) in [6, 6.07) is 17.7. The molecule has 0 unspecified atom stereocenters. The first kappa shape index (κ1) is 30.2. The normalized spacial score (nSPS) is 17.4. The highest BCUT2D eigenvalue weighted by atomic mass is 32.1. The third kappa shape index (κ3) is 5.81. The number of hydrogen-bond donors (Lipinski definition) is 0. The van der Waals surface area contributed by atoms with Gasteiger partial charge in [-0.2, -0.15) is 27.0 Å². The Balaban J connectivity index is 0.00000210. The van der Waals surface area contributed by atoms with E-state index in [1.54, 1.807) is 54.1 Å². The number of aromatic nitrogens is 2. The summed E-state index contributed by atoms with van der Waals surface area (Å²) in [6.45, 7) is 12.8. The monoisotopic (exact) mass is 567 g/mol. The maximum absolute atomic E-state index is 13.7. The molecule has 204 valence electrons. The van der Waals surface area contributed by atoms with Gasteiger partial charge in [-0.05, 0) is 61.4 Å². The van der Waals surface area contributed by atoms with E-state index >= 15 is 0 Å². The third-order valence-electron chi connectivity index (χ3n) is 7.22. The second-order valence-electron chi connectivity index (χ2n) is 9.63. The van der Waals surface area contributed by atoms with E-state index in [1.165, 1.54) is 24.3 Å². The summed E-state index contributed by atoms with van der Waals surface area (Å²) in [5.41, 5.74) is 3.70. The number of pyridine rings is 2. The van der Waals surface area contributed by atoms with Crippen molar-refractivity contribution < 1.29 is 8.78 Å². The van der Waals surface area contributed by atoms with E-state index in [-0.39, 0.29) is 68.1 Å². The summed E-state index contributed by atoms with van der Waals surface area (Å²) in [6.07, 6.45) is 0. The van der Waals surface area contributed by atoms with Gasteiger partial charge in [-0.3, -0.25) is 9.69 Å². The first-order valence-electron chi connectivity index (χ1n) is 12.2. The Hall–Kier alpha value is -3.39. The zero-order valence-corrected chi connectivity index (χ0v) is 23.9. The van der Waals surface area contributed by atoms with Crippen molar-refractivity contribution in [2.75, 3.05) is 18.0 Å². The predicted molar refractivity (Wildman–Crippen MR) is 162 cm³/mol.